The molecule has 1 atom stereocenters. The Labute approximate surface area is 143 Å². The maximum Gasteiger partial charge on any atom is 0.258 e. The second-order valence-corrected chi connectivity index (χ2v) is 6.85. The number of amides is 1. The first-order valence-electron chi connectivity index (χ1n) is 7.56. The van der Waals surface area contributed by atoms with E-state index < -0.39 is 0 Å². The van der Waals surface area contributed by atoms with Crippen molar-refractivity contribution in [3.05, 3.63) is 64.7 Å². The molecule has 0 saturated heterocycles. The molecule has 0 spiro atoms. The number of thioether (sulfide) groups is 1. The summed E-state index contributed by atoms with van der Waals surface area (Å²) >= 11 is 1.60. The minimum Gasteiger partial charge on any atom is -0.326 e. The number of aromatic amines is 1. The van der Waals surface area contributed by atoms with Crippen molar-refractivity contribution in [3.63, 3.8) is 0 Å². The number of H-pyrrole nitrogens is 1. The standard InChI is InChI=1S/C18H17N3O2S/c1-11(24-14-9-7-13(8-10-14)19-12(2)22)17-20-16-6-4-3-5-15(16)18(23)21-17/h3-11H,1-2H3,(H,19,22)(H,20,21,23). The van der Waals surface area contributed by atoms with Crippen LogP contribution in [0.4, 0.5) is 5.69 Å². The summed E-state index contributed by atoms with van der Waals surface area (Å²) in [6, 6.07) is 14.9. The molecule has 0 bridgehead atoms. The van der Waals surface area contributed by atoms with Crippen LogP contribution in [0.3, 0.4) is 0 Å². The third kappa shape index (κ3) is 3.65. The number of benzene rings is 2. The summed E-state index contributed by atoms with van der Waals surface area (Å²) in [5.74, 6) is 0.552. The summed E-state index contributed by atoms with van der Waals surface area (Å²) in [5.41, 5.74) is 1.34. The Balaban J connectivity index is 1.81. The maximum atomic E-state index is 12.2. The molecule has 3 aromatic rings. The Morgan fingerprint density at radius 2 is 1.88 bits per heavy atom. The Kier molecular flexibility index (Phi) is 4.66. The summed E-state index contributed by atoms with van der Waals surface area (Å²) < 4.78 is 0. The van der Waals surface area contributed by atoms with Gasteiger partial charge in [-0.15, -0.1) is 11.8 Å². The summed E-state index contributed by atoms with van der Waals surface area (Å²) in [6.45, 7) is 3.48. The number of para-hydroxylation sites is 1. The van der Waals surface area contributed by atoms with E-state index in [1.807, 2.05) is 49.4 Å². The predicted octanol–water partition coefficient (Wildman–Crippen LogP) is 3.73. The molecule has 1 amide bonds. The van der Waals surface area contributed by atoms with Crippen LogP contribution in [-0.2, 0) is 4.79 Å². The zero-order chi connectivity index (χ0) is 17.1. The van der Waals surface area contributed by atoms with Crippen LogP contribution in [0, 0.1) is 0 Å². The quantitative estimate of drug-likeness (QED) is 0.710. The van der Waals surface area contributed by atoms with Crippen LogP contribution >= 0.6 is 11.8 Å². The minimum absolute atomic E-state index is 0.00563. The van der Waals surface area contributed by atoms with E-state index in [4.69, 9.17) is 0 Å². The lowest BCUT2D eigenvalue weighted by molar-refractivity contribution is -0.114. The van der Waals surface area contributed by atoms with Gasteiger partial charge in [-0.1, -0.05) is 12.1 Å². The molecule has 3 rings (SSSR count). The van der Waals surface area contributed by atoms with Crippen molar-refractivity contribution in [1.82, 2.24) is 9.97 Å². The third-order valence-electron chi connectivity index (χ3n) is 3.50. The van der Waals surface area contributed by atoms with Crippen molar-refractivity contribution in [1.29, 1.82) is 0 Å². The van der Waals surface area contributed by atoms with Gasteiger partial charge in [-0.3, -0.25) is 9.59 Å². The number of rotatable bonds is 4. The normalized spacial score (nSPS) is 12.1. The van der Waals surface area contributed by atoms with E-state index in [2.05, 4.69) is 15.3 Å². The fourth-order valence-electron chi connectivity index (χ4n) is 2.38. The van der Waals surface area contributed by atoms with Crippen LogP contribution in [-0.4, -0.2) is 15.9 Å². The van der Waals surface area contributed by atoms with Gasteiger partial charge in [-0.2, -0.15) is 0 Å². The third-order valence-corrected chi connectivity index (χ3v) is 4.62. The molecule has 0 aliphatic carbocycles. The van der Waals surface area contributed by atoms with Crippen molar-refractivity contribution in [3.8, 4) is 0 Å². The fourth-order valence-corrected chi connectivity index (χ4v) is 3.30. The monoisotopic (exact) mass is 339 g/mol. The highest BCUT2D eigenvalue weighted by atomic mass is 32.2. The van der Waals surface area contributed by atoms with Crippen molar-refractivity contribution in [2.45, 2.75) is 24.0 Å². The van der Waals surface area contributed by atoms with Crippen LogP contribution in [0.25, 0.3) is 10.9 Å². The van der Waals surface area contributed by atoms with Gasteiger partial charge < -0.3 is 10.3 Å². The van der Waals surface area contributed by atoms with Gasteiger partial charge in [-0.05, 0) is 43.3 Å². The van der Waals surface area contributed by atoms with Crippen molar-refractivity contribution in [2.75, 3.05) is 5.32 Å². The van der Waals surface area contributed by atoms with E-state index >= 15 is 0 Å². The van der Waals surface area contributed by atoms with E-state index in [1.54, 1.807) is 17.8 Å². The minimum atomic E-state index is -0.121. The largest absolute Gasteiger partial charge is 0.326 e. The lowest BCUT2D eigenvalue weighted by Crippen LogP contribution is -2.12. The molecule has 2 aromatic carbocycles. The van der Waals surface area contributed by atoms with Crippen LogP contribution in [0.15, 0.2) is 58.2 Å². The molecule has 0 aliphatic heterocycles. The Hall–Kier alpha value is -2.60. The molecule has 5 nitrogen and oxygen atoms in total. The SMILES string of the molecule is CC(=O)Nc1ccc(SC(C)c2nc3ccccc3c(=O)[nH]2)cc1. The van der Waals surface area contributed by atoms with E-state index in [1.165, 1.54) is 6.92 Å². The lowest BCUT2D eigenvalue weighted by Gasteiger charge is -2.12. The van der Waals surface area contributed by atoms with E-state index in [0.29, 0.717) is 16.7 Å². The molecular formula is C18H17N3O2S. The van der Waals surface area contributed by atoms with Gasteiger partial charge in [-0.25, -0.2) is 4.98 Å². The topological polar surface area (TPSA) is 74.8 Å². The lowest BCUT2D eigenvalue weighted by atomic mass is 10.2. The number of hydrogen-bond donors (Lipinski definition) is 2. The number of fused-ring (bicyclic) bond motifs is 1. The molecule has 1 unspecified atom stereocenters. The van der Waals surface area contributed by atoms with Gasteiger partial charge in [0.05, 0.1) is 16.2 Å². The molecule has 2 N–H and O–H groups in total. The molecule has 6 heteroatoms. The van der Waals surface area contributed by atoms with E-state index in [-0.39, 0.29) is 16.7 Å². The average molecular weight is 339 g/mol. The molecule has 1 aromatic heterocycles. The molecule has 0 fully saturated rings. The number of carbonyl (C=O) groups excluding carboxylic acids is 1. The Bertz CT molecular complexity index is 935. The predicted molar refractivity (Wildman–Crippen MR) is 97.4 cm³/mol. The second kappa shape index (κ2) is 6.88. The first-order chi connectivity index (χ1) is 11.5. The molecule has 0 saturated carbocycles. The molecule has 0 aliphatic rings. The summed E-state index contributed by atoms with van der Waals surface area (Å²) in [7, 11) is 0. The van der Waals surface area contributed by atoms with Crippen LogP contribution in [0.1, 0.15) is 24.9 Å². The zero-order valence-corrected chi connectivity index (χ0v) is 14.2. The van der Waals surface area contributed by atoms with E-state index in [0.717, 1.165) is 10.6 Å². The number of hydrogen-bond acceptors (Lipinski definition) is 4. The number of carbonyl (C=O) groups is 1. The van der Waals surface area contributed by atoms with Gasteiger partial charge in [0, 0.05) is 17.5 Å². The second-order valence-electron chi connectivity index (χ2n) is 5.43. The zero-order valence-electron chi connectivity index (χ0n) is 13.4. The number of nitrogens with one attached hydrogen (secondary N) is 2. The highest BCUT2D eigenvalue weighted by Crippen LogP contribution is 2.33. The van der Waals surface area contributed by atoms with Gasteiger partial charge in [0.25, 0.3) is 5.56 Å². The highest BCUT2D eigenvalue weighted by Gasteiger charge is 2.12. The maximum absolute atomic E-state index is 12.2. The average Bonchev–Trinajstić information content (AvgIpc) is 2.56. The highest BCUT2D eigenvalue weighted by molar-refractivity contribution is 7.99. The van der Waals surface area contributed by atoms with Crippen LogP contribution in [0.2, 0.25) is 0 Å². The van der Waals surface area contributed by atoms with Crippen LogP contribution < -0.4 is 10.9 Å². The van der Waals surface area contributed by atoms with Crippen LogP contribution in [0.5, 0.6) is 0 Å². The van der Waals surface area contributed by atoms with Crippen molar-refractivity contribution >= 4 is 34.3 Å². The number of anilines is 1. The van der Waals surface area contributed by atoms with Gasteiger partial charge in [0.1, 0.15) is 5.82 Å². The van der Waals surface area contributed by atoms with Gasteiger partial charge >= 0.3 is 0 Å². The molecule has 122 valence electrons. The smallest absolute Gasteiger partial charge is 0.258 e. The van der Waals surface area contributed by atoms with E-state index in [9.17, 15) is 9.59 Å². The summed E-state index contributed by atoms with van der Waals surface area (Å²) in [5, 5.41) is 3.33. The number of nitrogens with zero attached hydrogens (tertiary/aromatic N) is 1. The molecular weight excluding hydrogens is 322 g/mol. The first kappa shape index (κ1) is 16.3. The number of aromatic nitrogens is 2. The summed E-state index contributed by atoms with van der Waals surface area (Å²) in [6.07, 6.45) is 0. The molecule has 0 radical (unpaired) electrons. The van der Waals surface area contributed by atoms with Gasteiger partial charge in [0.2, 0.25) is 5.91 Å². The fraction of sp³-hybridized carbons (Fsp3) is 0.167. The first-order valence-corrected chi connectivity index (χ1v) is 8.44. The summed E-state index contributed by atoms with van der Waals surface area (Å²) in [4.78, 5) is 31.7. The van der Waals surface area contributed by atoms with Crippen molar-refractivity contribution in [2.24, 2.45) is 0 Å². The Morgan fingerprint density at radius 1 is 1.17 bits per heavy atom. The van der Waals surface area contributed by atoms with Crippen molar-refractivity contribution < 1.29 is 4.79 Å². The van der Waals surface area contributed by atoms with Gasteiger partial charge in [0.15, 0.2) is 0 Å². The Morgan fingerprint density at radius 3 is 2.58 bits per heavy atom. The molecule has 24 heavy (non-hydrogen) atoms. The molecule has 1 heterocycles.